The van der Waals surface area contributed by atoms with Crippen LogP contribution in [0.1, 0.15) is 5.82 Å². The minimum absolute atomic E-state index is 0. The van der Waals surface area contributed by atoms with Gasteiger partial charge in [0.15, 0.2) is 0 Å². The fourth-order valence-electron chi connectivity index (χ4n) is 3.12. The first-order chi connectivity index (χ1) is 16.0. The number of carbonyl (C=O) groups excluding carboxylic acids is 1. The van der Waals surface area contributed by atoms with E-state index in [4.69, 9.17) is 0 Å². The summed E-state index contributed by atoms with van der Waals surface area (Å²) in [5.41, 5.74) is 2.32. The van der Waals surface area contributed by atoms with E-state index >= 15 is 0 Å². The zero-order valence-electron chi connectivity index (χ0n) is 17.4. The van der Waals surface area contributed by atoms with Crippen molar-refractivity contribution in [1.82, 2.24) is 24.7 Å². The summed E-state index contributed by atoms with van der Waals surface area (Å²) in [5, 5.41) is 4.04. The van der Waals surface area contributed by atoms with Gasteiger partial charge in [0.05, 0.1) is 17.6 Å². The summed E-state index contributed by atoms with van der Waals surface area (Å²) in [6, 6.07) is 9.81. The van der Waals surface area contributed by atoms with Crippen LogP contribution in [0.5, 0.6) is 0 Å². The lowest BCUT2D eigenvalue weighted by Gasteiger charge is -2.11. The molecular formula is C21H15ClF6N6O. The van der Waals surface area contributed by atoms with Gasteiger partial charge >= 0.3 is 18.4 Å². The molecule has 3 aromatic heterocycles. The van der Waals surface area contributed by atoms with Crippen LogP contribution in [-0.4, -0.2) is 38.1 Å². The highest BCUT2D eigenvalue weighted by Crippen LogP contribution is 2.29. The monoisotopic (exact) mass is 516 g/mol. The van der Waals surface area contributed by atoms with E-state index in [2.05, 4.69) is 20.3 Å². The van der Waals surface area contributed by atoms with Gasteiger partial charge in [-0.15, -0.1) is 12.4 Å². The molecule has 0 aliphatic carbocycles. The fourth-order valence-corrected chi connectivity index (χ4v) is 3.12. The highest BCUT2D eigenvalue weighted by molar-refractivity contribution is 5.90. The summed E-state index contributed by atoms with van der Waals surface area (Å²) in [7, 11) is 0. The molecule has 0 spiro atoms. The maximum absolute atomic E-state index is 12.9. The normalized spacial score (nSPS) is 11.7. The van der Waals surface area contributed by atoms with Gasteiger partial charge in [-0.25, -0.2) is 19.7 Å². The predicted octanol–water partition coefficient (Wildman–Crippen LogP) is 5.58. The molecule has 35 heavy (non-hydrogen) atoms. The van der Waals surface area contributed by atoms with Crippen molar-refractivity contribution in [3.05, 3.63) is 66.9 Å². The van der Waals surface area contributed by atoms with Crippen molar-refractivity contribution in [2.75, 3.05) is 11.9 Å². The first-order valence-electron chi connectivity index (χ1n) is 9.59. The van der Waals surface area contributed by atoms with Crippen LogP contribution in [0.25, 0.3) is 28.2 Å². The highest BCUT2D eigenvalue weighted by Gasteiger charge is 2.34. The Labute approximate surface area is 199 Å². The third kappa shape index (κ3) is 6.18. The number of fused-ring (bicyclic) bond motifs is 1. The van der Waals surface area contributed by atoms with Crippen molar-refractivity contribution in [1.29, 1.82) is 0 Å². The molecule has 3 heterocycles. The van der Waals surface area contributed by atoms with Crippen LogP contribution in [0.2, 0.25) is 0 Å². The molecule has 2 amide bonds. The van der Waals surface area contributed by atoms with Crippen molar-refractivity contribution >= 4 is 29.8 Å². The molecule has 0 saturated heterocycles. The lowest BCUT2D eigenvalue weighted by Crippen LogP contribution is -2.36. The van der Waals surface area contributed by atoms with Crippen molar-refractivity contribution in [2.45, 2.75) is 12.4 Å². The van der Waals surface area contributed by atoms with Crippen molar-refractivity contribution in [3.8, 4) is 22.5 Å². The van der Waals surface area contributed by atoms with Crippen LogP contribution >= 0.6 is 12.4 Å². The number of anilines is 1. The smallest absolute Gasteiger partial charge is 0.329 e. The number of benzene rings is 1. The number of hydrogen-bond donors (Lipinski definition) is 2. The topological polar surface area (TPSA) is 84.2 Å². The standard InChI is InChI=1S/C21H14F6N6O.ClH/c22-20(23,24)11-30-19(34)31-14-3-1-2-13(8-14)16-10-29-17-9-12(5-7-33(16)17)15-4-6-28-18(32-15)21(25,26)27;/h1-10H,11H2,(H2,30,31,34);1H. The molecule has 0 atom stereocenters. The molecule has 0 saturated carbocycles. The van der Waals surface area contributed by atoms with E-state index in [1.807, 2.05) is 0 Å². The van der Waals surface area contributed by atoms with Crippen LogP contribution in [0.15, 0.2) is 61.1 Å². The van der Waals surface area contributed by atoms with Gasteiger partial charge in [-0.3, -0.25) is 4.40 Å². The number of hydrogen-bond acceptors (Lipinski definition) is 4. The molecule has 0 aliphatic rings. The maximum Gasteiger partial charge on any atom is 0.451 e. The maximum atomic E-state index is 12.9. The van der Waals surface area contributed by atoms with Gasteiger partial charge in [-0.2, -0.15) is 26.3 Å². The van der Waals surface area contributed by atoms with Crippen molar-refractivity contribution < 1.29 is 31.1 Å². The largest absolute Gasteiger partial charge is 0.451 e. The second-order valence-electron chi connectivity index (χ2n) is 7.05. The molecule has 2 N–H and O–H groups in total. The Balaban J connectivity index is 0.00000342. The van der Waals surface area contributed by atoms with Gasteiger partial charge < -0.3 is 10.6 Å². The van der Waals surface area contributed by atoms with Gasteiger partial charge in [-0.05, 0) is 30.3 Å². The van der Waals surface area contributed by atoms with E-state index in [9.17, 15) is 31.1 Å². The van der Waals surface area contributed by atoms with Crippen LogP contribution in [0, 0.1) is 0 Å². The molecule has 14 heteroatoms. The molecule has 184 valence electrons. The van der Waals surface area contributed by atoms with E-state index in [1.165, 1.54) is 18.3 Å². The molecule has 0 fully saturated rings. The summed E-state index contributed by atoms with van der Waals surface area (Å²) < 4.78 is 77.2. The van der Waals surface area contributed by atoms with Crippen LogP contribution in [0.4, 0.5) is 36.8 Å². The number of alkyl halides is 6. The third-order valence-electron chi connectivity index (χ3n) is 4.58. The van der Waals surface area contributed by atoms with Crippen LogP contribution < -0.4 is 10.6 Å². The first kappa shape index (κ1) is 25.7. The second-order valence-corrected chi connectivity index (χ2v) is 7.05. The number of halogens is 7. The number of nitrogens with zero attached hydrogens (tertiary/aromatic N) is 4. The Kier molecular flexibility index (Phi) is 7.19. The van der Waals surface area contributed by atoms with Gasteiger partial charge in [0, 0.05) is 29.2 Å². The lowest BCUT2D eigenvalue weighted by molar-refractivity contribution is -0.144. The van der Waals surface area contributed by atoms with E-state index < -0.39 is 30.8 Å². The zero-order valence-corrected chi connectivity index (χ0v) is 18.2. The summed E-state index contributed by atoms with van der Waals surface area (Å²) in [5.74, 6) is -1.25. The van der Waals surface area contributed by atoms with Crippen LogP contribution in [-0.2, 0) is 6.18 Å². The number of nitrogens with one attached hydrogen (secondary N) is 2. The Morgan fingerprint density at radius 2 is 1.74 bits per heavy atom. The number of amides is 2. The average molecular weight is 517 g/mol. The Morgan fingerprint density at radius 1 is 0.971 bits per heavy atom. The van der Waals surface area contributed by atoms with Gasteiger partial charge in [-0.1, -0.05) is 12.1 Å². The van der Waals surface area contributed by atoms with Gasteiger partial charge in [0.25, 0.3) is 0 Å². The van der Waals surface area contributed by atoms with Crippen LogP contribution in [0.3, 0.4) is 0 Å². The molecule has 0 bridgehead atoms. The number of aromatic nitrogens is 4. The minimum atomic E-state index is -4.68. The average Bonchev–Trinajstić information content (AvgIpc) is 3.20. The highest BCUT2D eigenvalue weighted by atomic mass is 35.5. The molecule has 1 aromatic carbocycles. The zero-order chi connectivity index (χ0) is 24.5. The number of rotatable bonds is 4. The number of carbonyl (C=O) groups is 1. The molecule has 0 radical (unpaired) electrons. The Hall–Kier alpha value is -3.87. The lowest BCUT2D eigenvalue weighted by atomic mass is 10.1. The molecule has 4 aromatic rings. The summed E-state index contributed by atoms with van der Waals surface area (Å²) in [4.78, 5) is 22.8. The summed E-state index contributed by atoms with van der Waals surface area (Å²) in [6.07, 6.45) is -5.07. The second kappa shape index (κ2) is 9.78. The molecule has 0 aliphatic heterocycles. The van der Waals surface area contributed by atoms with E-state index in [-0.39, 0.29) is 23.8 Å². The quantitative estimate of drug-likeness (QED) is 0.347. The van der Waals surface area contributed by atoms with Crippen molar-refractivity contribution in [3.63, 3.8) is 0 Å². The van der Waals surface area contributed by atoms with E-state index in [0.29, 0.717) is 22.5 Å². The molecule has 7 nitrogen and oxygen atoms in total. The summed E-state index contributed by atoms with van der Waals surface area (Å²) >= 11 is 0. The minimum Gasteiger partial charge on any atom is -0.329 e. The number of imidazole rings is 1. The third-order valence-corrected chi connectivity index (χ3v) is 4.58. The summed E-state index contributed by atoms with van der Waals surface area (Å²) in [6.45, 7) is -1.47. The predicted molar refractivity (Wildman–Crippen MR) is 117 cm³/mol. The molecule has 0 unspecified atom stereocenters. The van der Waals surface area contributed by atoms with Gasteiger partial charge in [0.2, 0.25) is 5.82 Å². The Bertz CT molecular complexity index is 1350. The first-order valence-corrected chi connectivity index (χ1v) is 9.59. The molecule has 4 rings (SSSR count). The Morgan fingerprint density at radius 3 is 2.46 bits per heavy atom. The number of urea groups is 1. The van der Waals surface area contributed by atoms with E-state index in [1.54, 1.807) is 46.2 Å². The van der Waals surface area contributed by atoms with E-state index in [0.717, 1.165) is 6.20 Å². The SMILES string of the molecule is Cl.O=C(NCC(F)(F)F)Nc1cccc(-c2cnc3cc(-c4ccnc(C(F)(F)F)n4)ccn23)c1. The fraction of sp³-hybridized carbons (Fsp3) is 0.143. The van der Waals surface area contributed by atoms with Gasteiger partial charge in [0.1, 0.15) is 12.2 Å². The number of pyridine rings is 1. The van der Waals surface area contributed by atoms with Crippen molar-refractivity contribution in [2.24, 2.45) is 0 Å². The molecular weight excluding hydrogens is 502 g/mol.